The second kappa shape index (κ2) is 4.87. The van der Waals surface area contributed by atoms with Gasteiger partial charge in [0.15, 0.2) is 5.78 Å². The van der Waals surface area contributed by atoms with E-state index in [1.165, 1.54) is 0 Å². The fourth-order valence-electron chi connectivity index (χ4n) is 2.15. The Bertz CT molecular complexity index is 198. The maximum Gasteiger partial charge on any atom is 0.154 e. The number of ketones is 1. The lowest BCUT2D eigenvalue weighted by molar-refractivity contribution is -0.132. The number of nitrogens with two attached hydrogens (primary N) is 1. The molecule has 0 radical (unpaired) electrons. The summed E-state index contributed by atoms with van der Waals surface area (Å²) in [5.41, 5.74) is 4.71. The molecule has 1 fully saturated rings. The van der Waals surface area contributed by atoms with E-state index in [-0.39, 0.29) is 25.5 Å². The third-order valence-electron chi connectivity index (χ3n) is 3.40. The van der Waals surface area contributed by atoms with Crippen LogP contribution in [0.5, 0.6) is 0 Å². The Hall–Kier alpha value is -0.450. The number of hydrogen-bond donors (Lipinski definition) is 3. The predicted octanol–water partition coefficient (Wildman–Crippen LogP) is -0.325. The Balaban J connectivity index is 2.61. The van der Waals surface area contributed by atoms with E-state index in [1.54, 1.807) is 0 Å². The van der Waals surface area contributed by atoms with Gasteiger partial charge in [-0.2, -0.15) is 0 Å². The minimum atomic E-state index is -0.611. The van der Waals surface area contributed by atoms with Crippen LogP contribution in [-0.4, -0.2) is 35.8 Å². The van der Waals surface area contributed by atoms with Crippen LogP contribution < -0.4 is 5.73 Å². The van der Waals surface area contributed by atoms with Gasteiger partial charge in [-0.25, -0.2) is 0 Å². The molecule has 82 valence electrons. The Morgan fingerprint density at radius 2 is 1.93 bits per heavy atom. The number of carbonyl (C=O) groups is 1. The molecule has 0 heterocycles. The Morgan fingerprint density at radius 1 is 1.36 bits per heavy atom. The summed E-state index contributed by atoms with van der Waals surface area (Å²) in [6, 6.07) is 0. The summed E-state index contributed by atoms with van der Waals surface area (Å²) in [7, 11) is 0. The zero-order chi connectivity index (χ0) is 10.6. The van der Waals surface area contributed by atoms with Gasteiger partial charge in [0.25, 0.3) is 0 Å². The second-order valence-corrected chi connectivity index (χ2v) is 4.19. The normalized spacial score (nSPS) is 32.9. The topological polar surface area (TPSA) is 83.6 Å². The summed E-state index contributed by atoms with van der Waals surface area (Å²) in [5.74, 6) is 0.247. The summed E-state index contributed by atoms with van der Waals surface area (Å²) in [4.78, 5) is 11.6. The third kappa shape index (κ3) is 2.13. The van der Waals surface area contributed by atoms with E-state index in [0.717, 1.165) is 12.8 Å². The van der Waals surface area contributed by atoms with Crippen LogP contribution in [0.4, 0.5) is 0 Å². The molecule has 1 saturated carbocycles. The van der Waals surface area contributed by atoms with Gasteiger partial charge >= 0.3 is 0 Å². The quantitative estimate of drug-likeness (QED) is 0.582. The number of hydrogen-bond acceptors (Lipinski definition) is 4. The van der Waals surface area contributed by atoms with Gasteiger partial charge in [0.05, 0.1) is 18.6 Å². The van der Waals surface area contributed by atoms with E-state index in [2.05, 4.69) is 0 Å². The zero-order valence-corrected chi connectivity index (χ0v) is 8.41. The molecule has 1 aliphatic carbocycles. The second-order valence-electron chi connectivity index (χ2n) is 4.19. The first-order valence-electron chi connectivity index (χ1n) is 5.13. The van der Waals surface area contributed by atoms with Crippen molar-refractivity contribution >= 4 is 5.78 Å². The minimum Gasteiger partial charge on any atom is -0.396 e. The SMILES string of the molecule is NCC(=O)C1(CO)CCC(CO)CC1. The molecular formula is C10H19NO3. The molecule has 4 heteroatoms. The Kier molecular flexibility index (Phi) is 4.04. The van der Waals surface area contributed by atoms with Gasteiger partial charge in [0, 0.05) is 6.61 Å². The van der Waals surface area contributed by atoms with Crippen molar-refractivity contribution in [2.75, 3.05) is 19.8 Å². The summed E-state index contributed by atoms with van der Waals surface area (Å²) >= 11 is 0. The smallest absolute Gasteiger partial charge is 0.154 e. The van der Waals surface area contributed by atoms with Crippen molar-refractivity contribution < 1.29 is 15.0 Å². The molecule has 0 saturated heterocycles. The van der Waals surface area contributed by atoms with Gasteiger partial charge in [-0.15, -0.1) is 0 Å². The number of aliphatic hydroxyl groups excluding tert-OH is 2. The molecule has 4 N–H and O–H groups in total. The van der Waals surface area contributed by atoms with Crippen molar-refractivity contribution in [1.29, 1.82) is 0 Å². The lowest BCUT2D eigenvalue weighted by Gasteiger charge is -2.36. The lowest BCUT2D eigenvalue weighted by Crippen LogP contribution is -2.42. The highest BCUT2D eigenvalue weighted by Gasteiger charge is 2.39. The first-order chi connectivity index (χ1) is 6.68. The summed E-state index contributed by atoms with van der Waals surface area (Å²) in [6.45, 7) is 0.0733. The highest BCUT2D eigenvalue weighted by atomic mass is 16.3. The molecule has 0 spiro atoms. The van der Waals surface area contributed by atoms with E-state index in [1.807, 2.05) is 0 Å². The van der Waals surface area contributed by atoms with Crippen molar-refractivity contribution in [3.63, 3.8) is 0 Å². The van der Waals surface area contributed by atoms with Crippen LogP contribution in [0.2, 0.25) is 0 Å². The molecule has 0 aliphatic heterocycles. The van der Waals surface area contributed by atoms with Crippen LogP contribution in [0.15, 0.2) is 0 Å². The van der Waals surface area contributed by atoms with Crippen LogP contribution in [0.1, 0.15) is 25.7 Å². The van der Waals surface area contributed by atoms with Crippen LogP contribution in [0, 0.1) is 11.3 Å². The predicted molar refractivity (Wildman–Crippen MR) is 52.6 cm³/mol. The molecule has 0 atom stereocenters. The van der Waals surface area contributed by atoms with Crippen molar-refractivity contribution in [2.45, 2.75) is 25.7 Å². The van der Waals surface area contributed by atoms with E-state index in [0.29, 0.717) is 18.8 Å². The molecular weight excluding hydrogens is 182 g/mol. The fraction of sp³-hybridized carbons (Fsp3) is 0.900. The molecule has 0 aromatic carbocycles. The minimum absolute atomic E-state index is 0.00432. The summed E-state index contributed by atoms with van der Waals surface area (Å²) in [5, 5.41) is 18.2. The first-order valence-corrected chi connectivity index (χ1v) is 5.13. The third-order valence-corrected chi connectivity index (χ3v) is 3.40. The molecule has 0 aromatic heterocycles. The molecule has 1 rings (SSSR count). The molecule has 4 nitrogen and oxygen atoms in total. The average Bonchev–Trinajstić information content (AvgIpc) is 2.28. The standard InChI is InChI=1S/C10H19NO3/c11-5-9(14)10(7-13)3-1-8(6-12)2-4-10/h8,12-13H,1-7,11H2. The zero-order valence-electron chi connectivity index (χ0n) is 8.41. The maximum atomic E-state index is 11.6. The molecule has 14 heavy (non-hydrogen) atoms. The molecule has 0 amide bonds. The average molecular weight is 201 g/mol. The van der Waals surface area contributed by atoms with Crippen LogP contribution in [0.3, 0.4) is 0 Å². The number of carbonyl (C=O) groups excluding carboxylic acids is 1. The van der Waals surface area contributed by atoms with Gasteiger partial charge in [0.1, 0.15) is 0 Å². The van der Waals surface area contributed by atoms with E-state index in [9.17, 15) is 9.90 Å². The van der Waals surface area contributed by atoms with Gasteiger partial charge in [0.2, 0.25) is 0 Å². The monoisotopic (exact) mass is 201 g/mol. The number of aliphatic hydroxyl groups is 2. The summed E-state index contributed by atoms with van der Waals surface area (Å²) in [6.07, 6.45) is 2.93. The fourth-order valence-corrected chi connectivity index (χ4v) is 2.15. The highest BCUT2D eigenvalue weighted by Crippen LogP contribution is 2.39. The van der Waals surface area contributed by atoms with Crippen molar-refractivity contribution in [3.8, 4) is 0 Å². The number of rotatable bonds is 4. The lowest BCUT2D eigenvalue weighted by atomic mass is 9.68. The van der Waals surface area contributed by atoms with Gasteiger partial charge in [-0.05, 0) is 31.6 Å². The Morgan fingerprint density at radius 3 is 2.29 bits per heavy atom. The molecule has 0 aromatic rings. The van der Waals surface area contributed by atoms with E-state index < -0.39 is 5.41 Å². The molecule has 0 bridgehead atoms. The number of Topliss-reactive ketones (excluding diaryl/α,β-unsaturated/α-hetero) is 1. The first kappa shape index (κ1) is 11.6. The highest BCUT2D eigenvalue weighted by molar-refractivity contribution is 5.86. The van der Waals surface area contributed by atoms with Crippen molar-refractivity contribution in [3.05, 3.63) is 0 Å². The molecule has 1 aliphatic rings. The van der Waals surface area contributed by atoms with Gasteiger partial charge in [-0.1, -0.05) is 0 Å². The largest absolute Gasteiger partial charge is 0.396 e. The van der Waals surface area contributed by atoms with Gasteiger partial charge in [-0.3, -0.25) is 4.79 Å². The van der Waals surface area contributed by atoms with Crippen molar-refractivity contribution in [1.82, 2.24) is 0 Å². The van der Waals surface area contributed by atoms with Crippen LogP contribution in [0.25, 0.3) is 0 Å². The molecule has 0 unspecified atom stereocenters. The van der Waals surface area contributed by atoms with E-state index in [4.69, 9.17) is 10.8 Å². The summed E-state index contributed by atoms with van der Waals surface area (Å²) < 4.78 is 0. The van der Waals surface area contributed by atoms with E-state index >= 15 is 0 Å². The maximum absolute atomic E-state index is 11.6. The van der Waals surface area contributed by atoms with Gasteiger partial charge < -0.3 is 15.9 Å². The van der Waals surface area contributed by atoms with Crippen LogP contribution >= 0.6 is 0 Å². The Labute approximate surface area is 84.1 Å². The van der Waals surface area contributed by atoms with Crippen molar-refractivity contribution in [2.24, 2.45) is 17.1 Å². The van der Waals surface area contributed by atoms with Crippen LogP contribution in [-0.2, 0) is 4.79 Å².